The second kappa shape index (κ2) is 4.12. The van der Waals surface area contributed by atoms with Crippen molar-refractivity contribution in [3.05, 3.63) is 45.8 Å². The fourth-order valence-corrected chi connectivity index (χ4v) is 1.42. The molecule has 0 saturated carbocycles. The zero-order chi connectivity index (χ0) is 12.4. The van der Waals surface area contributed by atoms with E-state index in [1.54, 1.807) is 19.1 Å². The van der Waals surface area contributed by atoms with E-state index in [9.17, 15) is 14.9 Å². The standard InChI is InChI=1S/C10H8N4O3/c1-7-2-3-9(10(4-7)14(16)17)13-5-8(6-15)11-12-13/h2-6H,1H3. The number of aldehydes is 1. The third-order valence-corrected chi connectivity index (χ3v) is 2.21. The monoisotopic (exact) mass is 232 g/mol. The molecule has 0 radical (unpaired) electrons. The Morgan fingerprint density at radius 3 is 2.82 bits per heavy atom. The number of aromatic nitrogens is 3. The molecule has 0 aliphatic heterocycles. The summed E-state index contributed by atoms with van der Waals surface area (Å²) < 4.78 is 1.21. The Hall–Kier alpha value is -2.57. The summed E-state index contributed by atoms with van der Waals surface area (Å²) in [6.45, 7) is 1.76. The lowest BCUT2D eigenvalue weighted by Crippen LogP contribution is -2.01. The van der Waals surface area contributed by atoms with E-state index in [1.165, 1.54) is 16.9 Å². The molecule has 1 aromatic carbocycles. The van der Waals surface area contributed by atoms with Gasteiger partial charge in [0.25, 0.3) is 5.69 Å². The van der Waals surface area contributed by atoms with Crippen molar-refractivity contribution in [2.45, 2.75) is 6.92 Å². The molecule has 86 valence electrons. The number of aryl methyl sites for hydroxylation is 1. The molecule has 1 aromatic heterocycles. The van der Waals surface area contributed by atoms with Gasteiger partial charge in [0.1, 0.15) is 11.4 Å². The number of rotatable bonds is 3. The van der Waals surface area contributed by atoms with Crippen molar-refractivity contribution < 1.29 is 9.72 Å². The topological polar surface area (TPSA) is 90.9 Å². The van der Waals surface area contributed by atoms with Crippen LogP contribution in [0.2, 0.25) is 0 Å². The van der Waals surface area contributed by atoms with Crippen LogP contribution in [-0.4, -0.2) is 26.2 Å². The molecule has 0 fully saturated rings. The van der Waals surface area contributed by atoms with Gasteiger partial charge in [-0.25, -0.2) is 4.68 Å². The van der Waals surface area contributed by atoms with Crippen molar-refractivity contribution in [3.63, 3.8) is 0 Å². The number of hydrogen-bond acceptors (Lipinski definition) is 5. The van der Waals surface area contributed by atoms with Crippen molar-refractivity contribution in [2.24, 2.45) is 0 Å². The number of nitro benzene ring substituents is 1. The van der Waals surface area contributed by atoms with Gasteiger partial charge in [-0.2, -0.15) is 0 Å². The number of carbonyl (C=O) groups is 1. The number of nitro groups is 1. The van der Waals surface area contributed by atoms with Crippen LogP contribution in [0.5, 0.6) is 0 Å². The molecule has 1 heterocycles. The van der Waals surface area contributed by atoms with E-state index in [1.807, 2.05) is 0 Å². The molecule has 0 spiro atoms. The Balaban J connectivity index is 2.58. The summed E-state index contributed by atoms with van der Waals surface area (Å²) in [6, 6.07) is 4.74. The van der Waals surface area contributed by atoms with Gasteiger partial charge in [-0.1, -0.05) is 11.3 Å². The molecular weight excluding hydrogens is 224 g/mol. The molecule has 2 rings (SSSR count). The number of benzene rings is 1. The maximum absolute atomic E-state index is 10.9. The van der Waals surface area contributed by atoms with Crippen molar-refractivity contribution in [1.82, 2.24) is 15.0 Å². The highest BCUT2D eigenvalue weighted by atomic mass is 16.6. The SMILES string of the molecule is Cc1ccc(-n2cc(C=O)nn2)c([N+](=O)[O-])c1. The fourth-order valence-electron chi connectivity index (χ4n) is 1.42. The van der Waals surface area contributed by atoms with E-state index in [0.717, 1.165) is 5.56 Å². The summed E-state index contributed by atoms with van der Waals surface area (Å²) in [7, 11) is 0. The minimum absolute atomic E-state index is 0.0765. The fraction of sp³-hybridized carbons (Fsp3) is 0.100. The second-order valence-corrected chi connectivity index (χ2v) is 3.46. The van der Waals surface area contributed by atoms with Crippen LogP contribution < -0.4 is 0 Å². The lowest BCUT2D eigenvalue weighted by atomic mass is 10.2. The van der Waals surface area contributed by atoms with Crippen molar-refractivity contribution >= 4 is 12.0 Å². The van der Waals surface area contributed by atoms with Gasteiger partial charge < -0.3 is 0 Å². The summed E-state index contributed by atoms with van der Waals surface area (Å²) in [5.41, 5.74) is 1.10. The summed E-state index contributed by atoms with van der Waals surface area (Å²) >= 11 is 0. The van der Waals surface area contributed by atoms with E-state index >= 15 is 0 Å². The van der Waals surface area contributed by atoms with Gasteiger partial charge in [0.05, 0.1) is 11.1 Å². The van der Waals surface area contributed by atoms with Gasteiger partial charge in [0.15, 0.2) is 6.29 Å². The Kier molecular flexibility index (Phi) is 2.65. The summed E-state index contributed by atoms with van der Waals surface area (Å²) in [5, 5.41) is 18.1. The van der Waals surface area contributed by atoms with Gasteiger partial charge in [0, 0.05) is 6.07 Å². The maximum Gasteiger partial charge on any atom is 0.295 e. The molecule has 0 aliphatic rings. The van der Waals surface area contributed by atoms with Crippen LogP contribution in [0.4, 0.5) is 5.69 Å². The number of nitrogens with zero attached hydrogens (tertiary/aromatic N) is 4. The Labute approximate surface area is 95.8 Å². The second-order valence-electron chi connectivity index (χ2n) is 3.46. The predicted molar refractivity (Wildman–Crippen MR) is 58.1 cm³/mol. The van der Waals surface area contributed by atoms with Crippen LogP contribution in [0.25, 0.3) is 5.69 Å². The summed E-state index contributed by atoms with van der Waals surface area (Å²) in [5.74, 6) is 0. The van der Waals surface area contributed by atoms with Crippen molar-refractivity contribution in [1.29, 1.82) is 0 Å². The largest absolute Gasteiger partial charge is 0.296 e. The van der Waals surface area contributed by atoms with Crippen LogP contribution in [0, 0.1) is 17.0 Å². The zero-order valence-corrected chi connectivity index (χ0v) is 8.90. The smallest absolute Gasteiger partial charge is 0.295 e. The van der Waals surface area contributed by atoms with E-state index in [0.29, 0.717) is 6.29 Å². The lowest BCUT2D eigenvalue weighted by Gasteiger charge is -2.02. The first-order valence-electron chi connectivity index (χ1n) is 4.75. The minimum Gasteiger partial charge on any atom is -0.296 e. The molecule has 2 aromatic rings. The third kappa shape index (κ3) is 2.03. The van der Waals surface area contributed by atoms with Crippen LogP contribution in [-0.2, 0) is 0 Å². The molecule has 0 saturated heterocycles. The summed E-state index contributed by atoms with van der Waals surface area (Å²) in [4.78, 5) is 20.9. The number of carbonyl (C=O) groups excluding carboxylic acids is 1. The van der Waals surface area contributed by atoms with Gasteiger partial charge in [-0.15, -0.1) is 5.10 Å². The molecule has 0 unspecified atom stereocenters. The first-order chi connectivity index (χ1) is 8.11. The van der Waals surface area contributed by atoms with E-state index in [4.69, 9.17) is 0 Å². The minimum atomic E-state index is -0.495. The Morgan fingerprint density at radius 2 is 2.24 bits per heavy atom. The Morgan fingerprint density at radius 1 is 1.47 bits per heavy atom. The van der Waals surface area contributed by atoms with Crippen LogP contribution in [0.1, 0.15) is 16.1 Å². The van der Waals surface area contributed by atoms with Gasteiger partial charge in [-0.3, -0.25) is 14.9 Å². The van der Waals surface area contributed by atoms with Crippen molar-refractivity contribution in [2.75, 3.05) is 0 Å². The maximum atomic E-state index is 10.9. The normalized spacial score (nSPS) is 10.2. The van der Waals surface area contributed by atoms with Crippen LogP contribution in [0.15, 0.2) is 24.4 Å². The highest BCUT2D eigenvalue weighted by Gasteiger charge is 2.16. The van der Waals surface area contributed by atoms with Crippen LogP contribution >= 0.6 is 0 Å². The molecular formula is C10H8N4O3. The quantitative estimate of drug-likeness (QED) is 0.451. The molecule has 0 atom stereocenters. The molecule has 7 nitrogen and oxygen atoms in total. The molecule has 0 N–H and O–H groups in total. The lowest BCUT2D eigenvalue weighted by molar-refractivity contribution is -0.384. The average Bonchev–Trinajstić information content (AvgIpc) is 2.77. The number of hydrogen-bond donors (Lipinski definition) is 0. The third-order valence-electron chi connectivity index (χ3n) is 2.21. The van der Waals surface area contributed by atoms with Gasteiger partial charge in [0.2, 0.25) is 0 Å². The molecule has 0 bridgehead atoms. The highest BCUT2D eigenvalue weighted by molar-refractivity contribution is 5.71. The van der Waals surface area contributed by atoms with Gasteiger partial charge >= 0.3 is 0 Å². The Bertz CT molecular complexity index is 591. The highest BCUT2D eigenvalue weighted by Crippen LogP contribution is 2.23. The van der Waals surface area contributed by atoms with E-state index < -0.39 is 4.92 Å². The first-order valence-corrected chi connectivity index (χ1v) is 4.75. The molecule has 7 heteroatoms. The average molecular weight is 232 g/mol. The molecule has 17 heavy (non-hydrogen) atoms. The van der Waals surface area contributed by atoms with Crippen molar-refractivity contribution in [3.8, 4) is 5.69 Å². The molecule has 0 aliphatic carbocycles. The molecule has 0 amide bonds. The van der Waals surface area contributed by atoms with E-state index in [2.05, 4.69) is 10.3 Å². The first kappa shape index (κ1) is 10.9. The van der Waals surface area contributed by atoms with E-state index in [-0.39, 0.29) is 17.1 Å². The van der Waals surface area contributed by atoms with Gasteiger partial charge in [-0.05, 0) is 18.6 Å². The zero-order valence-electron chi connectivity index (χ0n) is 8.90. The predicted octanol–water partition coefficient (Wildman–Crippen LogP) is 1.30. The summed E-state index contributed by atoms with van der Waals surface area (Å²) in [6.07, 6.45) is 1.87. The van der Waals surface area contributed by atoms with Crippen LogP contribution in [0.3, 0.4) is 0 Å².